The number of ether oxygens (including phenoxy) is 2. The Morgan fingerprint density at radius 2 is 1.81 bits per heavy atom. The largest absolute Gasteiger partial charge is 0.491 e. The van der Waals surface area contributed by atoms with Gasteiger partial charge in [-0.1, -0.05) is 12.1 Å². The van der Waals surface area contributed by atoms with Crippen LogP contribution in [-0.4, -0.2) is 82.5 Å². The molecule has 2 atom stereocenters. The molecule has 0 aromatic heterocycles. The van der Waals surface area contributed by atoms with Crippen LogP contribution in [0.2, 0.25) is 0 Å². The Bertz CT molecular complexity index is 558. The summed E-state index contributed by atoms with van der Waals surface area (Å²) in [5.41, 5.74) is 0.958. The van der Waals surface area contributed by atoms with E-state index in [1.165, 1.54) is 5.56 Å². The first-order valence-electron chi connectivity index (χ1n) is 9.15. The molecule has 8 nitrogen and oxygen atoms in total. The average Bonchev–Trinajstić information content (AvgIpc) is 2.67. The number of nitrogens with zero attached hydrogens (tertiary/aromatic N) is 1. The Hall–Kier alpha value is -1.71. The molecule has 0 saturated carbocycles. The number of hydrogen-bond acceptors (Lipinski definition) is 7. The molecule has 0 radical (unpaired) electrons. The maximum atomic E-state index is 9.91. The lowest BCUT2D eigenvalue weighted by atomic mass is 9.82. The Balaban J connectivity index is 0.000000817. The summed E-state index contributed by atoms with van der Waals surface area (Å²) in [7, 11) is 0. The van der Waals surface area contributed by atoms with Crippen LogP contribution in [0.4, 0.5) is 0 Å². The molecule has 2 aliphatic heterocycles. The molecule has 0 amide bonds. The van der Waals surface area contributed by atoms with Gasteiger partial charge in [0, 0.05) is 26.1 Å². The predicted molar refractivity (Wildman–Crippen MR) is 97.5 cm³/mol. The number of likely N-dealkylation sites (tertiary alicyclic amines) is 1. The van der Waals surface area contributed by atoms with Gasteiger partial charge in [-0.05, 0) is 30.5 Å². The van der Waals surface area contributed by atoms with E-state index < -0.39 is 12.2 Å². The van der Waals surface area contributed by atoms with Crippen molar-refractivity contribution in [1.29, 1.82) is 0 Å². The normalized spacial score (nSPS) is 24.7. The second-order valence-electron chi connectivity index (χ2n) is 6.93. The molecule has 0 bridgehead atoms. The third kappa shape index (κ3) is 6.44. The molecule has 152 valence electrons. The Kier molecular flexibility index (Phi) is 8.46. The van der Waals surface area contributed by atoms with Crippen molar-refractivity contribution in [1.82, 2.24) is 4.90 Å². The number of hydrogen-bond donors (Lipinski definition) is 4. The minimum absolute atomic E-state index is 0.0189. The molecule has 0 aliphatic carbocycles. The third-order valence-electron chi connectivity index (χ3n) is 5.04. The number of benzene rings is 1. The SMILES string of the molecule is O=CO.OCCOc1ccc(CN2CCC3(CC2)C[C@@H](O)[C@@H](O)CO3)cc1. The van der Waals surface area contributed by atoms with E-state index in [4.69, 9.17) is 24.5 Å². The number of piperidine rings is 1. The molecule has 1 aromatic carbocycles. The van der Waals surface area contributed by atoms with Crippen molar-refractivity contribution < 1.29 is 34.7 Å². The molecule has 1 spiro atoms. The zero-order valence-electron chi connectivity index (χ0n) is 15.4. The van der Waals surface area contributed by atoms with Crippen molar-refractivity contribution in [3.63, 3.8) is 0 Å². The molecule has 4 N–H and O–H groups in total. The molecule has 1 aromatic rings. The van der Waals surface area contributed by atoms with Gasteiger partial charge in [-0.15, -0.1) is 0 Å². The first kappa shape index (κ1) is 21.6. The highest BCUT2D eigenvalue weighted by atomic mass is 16.5. The fraction of sp³-hybridized carbons (Fsp3) is 0.632. The number of aliphatic hydroxyl groups excluding tert-OH is 3. The van der Waals surface area contributed by atoms with Crippen molar-refractivity contribution in [3.8, 4) is 5.75 Å². The van der Waals surface area contributed by atoms with Gasteiger partial charge in [0.15, 0.2) is 0 Å². The van der Waals surface area contributed by atoms with Crippen molar-refractivity contribution in [2.45, 2.75) is 43.6 Å². The molecular weight excluding hydrogens is 354 g/mol. The monoisotopic (exact) mass is 383 g/mol. The molecule has 2 fully saturated rings. The standard InChI is InChI=1S/C18H27NO5.CH2O2/c20-9-10-23-15-3-1-14(2-4-15)12-19-7-5-18(6-8-19)11-16(21)17(22)13-24-18;2-1-3/h1-4,16-17,20-22H,5-13H2;1H,(H,2,3)/t16-,17+;/m1./s1. The second kappa shape index (κ2) is 10.6. The predicted octanol–water partition coefficient (Wildman–Crippen LogP) is 0.235. The average molecular weight is 383 g/mol. The molecule has 2 aliphatic rings. The van der Waals surface area contributed by atoms with Gasteiger partial charge < -0.3 is 29.9 Å². The van der Waals surface area contributed by atoms with Crippen LogP contribution >= 0.6 is 0 Å². The summed E-state index contributed by atoms with van der Waals surface area (Å²) >= 11 is 0. The van der Waals surface area contributed by atoms with Gasteiger partial charge in [0.1, 0.15) is 18.5 Å². The van der Waals surface area contributed by atoms with Crippen LogP contribution in [0.25, 0.3) is 0 Å². The molecule has 27 heavy (non-hydrogen) atoms. The number of carbonyl (C=O) groups is 1. The summed E-state index contributed by atoms with van der Waals surface area (Å²) in [6.07, 6.45) is 0.874. The highest BCUT2D eigenvalue weighted by molar-refractivity contribution is 5.32. The quantitative estimate of drug-likeness (QED) is 0.534. The van der Waals surface area contributed by atoms with E-state index in [2.05, 4.69) is 4.90 Å². The summed E-state index contributed by atoms with van der Waals surface area (Å²) in [5.74, 6) is 0.772. The zero-order valence-corrected chi connectivity index (χ0v) is 15.4. The second-order valence-corrected chi connectivity index (χ2v) is 6.93. The number of carboxylic acid groups (broad SMARTS) is 1. The van der Waals surface area contributed by atoms with Gasteiger partial charge >= 0.3 is 0 Å². The van der Waals surface area contributed by atoms with Crippen LogP contribution in [0, 0.1) is 0 Å². The first-order chi connectivity index (χ1) is 13.0. The lowest BCUT2D eigenvalue weighted by Gasteiger charge is -2.46. The molecule has 3 rings (SSSR count). The highest BCUT2D eigenvalue weighted by Gasteiger charge is 2.42. The minimum atomic E-state index is -0.750. The van der Waals surface area contributed by atoms with Gasteiger partial charge in [0.2, 0.25) is 0 Å². The van der Waals surface area contributed by atoms with Crippen LogP contribution < -0.4 is 4.74 Å². The Morgan fingerprint density at radius 3 is 2.37 bits per heavy atom. The van der Waals surface area contributed by atoms with Crippen LogP contribution in [0.15, 0.2) is 24.3 Å². The van der Waals surface area contributed by atoms with Gasteiger partial charge in [-0.3, -0.25) is 9.69 Å². The van der Waals surface area contributed by atoms with E-state index in [-0.39, 0.29) is 25.3 Å². The van der Waals surface area contributed by atoms with Crippen molar-refractivity contribution >= 4 is 6.47 Å². The fourth-order valence-electron chi connectivity index (χ4n) is 3.53. The molecular formula is C19H29NO7. The summed E-state index contributed by atoms with van der Waals surface area (Å²) in [4.78, 5) is 10.7. The number of rotatable bonds is 5. The molecule has 2 saturated heterocycles. The van der Waals surface area contributed by atoms with Crippen molar-refractivity contribution in [2.75, 3.05) is 32.9 Å². The smallest absolute Gasteiger partial charge is 0.290 e. The topological polar surface area (TPSA) is 120 Å². The molecule has 8 heteroatoms. The van der Waals surface area contributed by atoms with E-state index in [0.29, 0.717) is 13.0 Å². The zero-order chi connectivity index (χ0) is 19.7. The van der Waals surface area contributed by atoms with Crippen molar-refractivity contribution in [3.05, 3.63) is 29.8 Å². The minimum Gasteiger partial charge on any atom is -0.491 e. The summed E-state index contributed by atoms with van der Waals surface area (Å²) in [6, 6.07) is 7.96. The maximum Gasteiger partial charge on any atom is 0.290 e. The highest BCUT2D eigenvalue weighted by Crippen LogP contribution is 2.35. The lowest BCUT2D eigenvalue weighted by molar-refractivity contribution is -0.188. The summed E-state index contributed by atoms with van der Waals surface area (Å²) in [6.45, 7) is 3.04. The number of aliphatic hydroxyl groups is 3. The third-order valence-corrected chi connectivity index (χ3v) is 5.04. The van der Waals surface area contributed by atoms with Crippen LogP contribution in [0.3, 0.4) is 0 Å². The summed E-state index contributed by atoms with van der Waals surface area (Å²) < 4.78 is 11.2. The van der Waals surface area contributed by atoms with Crippen LogP contribution in [0.5, 0.6) is 5.75 Å². The van der Waals surface area contributed by atoms with E-state index in [9.17, 15) is 10.2 Å². The summed E-state index contributed by atoms with van der Waals surface area (Å²) in [5, 5.41) is 35.2. The van der Waals surface area contributed by atoms with Gasteiger partial charge in [-0.2, -0.15) is 0 Å². The Labute approximate surface area is 158 Å². The van der Waals surface area contributed by atoms with Crippen LogP contribution in [-0.2, 0) is 16.1 Å². The van der Waals surface area contributed by atoms with E-state index in [1.54, 1.807) is 0 Å². The van der Waals surface area contributed by atoms with Gasteiger partial charge in [0.05, 0.1) is 24.9 Å². The van der Waals surface area contributed by atoms with Crippen LogP contribution in [0.1, 0.15) is 24.8 Å². The fourth-order valence-corrected chi connectivity index (χ4v) is 3.53. The van der Waals surface area contributed by atoms with E-state index in [1.807, 2.05) is 24.3 Å². The van der Waals surface area contributed by atoms with E-state index >= 15 is 0 Å². The Morgan fingerprint density at radius 1 is 1.19 bits per heavy atom. The van der Waals surface area contributed by atoms with Gasteiger partial charge in [0.25, 0.3) is 6.47 Å². The lowest BCUT2D eigenvalue weighted by Crippen LogP contribution is -2.54. The first-order valence-corrected chi connectivity index (χ1v) is 9.15. The molecule has 2 heterocycles. The van der Waals surface area contributed by atoms with Gasteiger partial charge in [-0.25, -0.2) is 0 Å². The molecule has 0 unspecified atom stereocenters. The van der Waals surface area contributed by atoms with E-state index in [0.717, 1.165) is 38.2 Å². The van der Waals surface area contributed by atoms with Crippen molar-refractivity contribution in [2.24, 2.45) is 0 Å². The maximum absolute atomic E-state index is 9.91.